The van der Waals surface area contributed by atoms with Gasteiger partial charge >= 0.3 is 0 Å². The number of nitrogens with one attached hydrogen (secondary N) is 1. The number of Topliss-reactive ketones (excluding diaryl/α,β-unsaturated/α-hetero) is 2. The normalized spacial score (nSPS) is 12.7. The molecule has 4 rings (SSSR count). The number of halogens is 1. The first-order valence-electron chi connectivity index (χ1n) is 7.86. The van der Waals surface area contributed by atoms with Gasteiger partial charge in [0.05, 0.1) is 12.1 Å². The van der Waals surface area contributed by atoms with Crippen LogP contribution in [0.3, 0.4) is 0 Å². The number of rotatable bonds is 3. The average molecular weight is 335 g/mol. The number of carbonyl (C=O) groups excluding carboxylic acids is 2. The minimum absolute atomic E-state index is 0.309. The number of anilines is 1. The van der Waals surface area contributed by atoms with Gasteiger partial charge in [0.1, 0.15) is 17.3 Å². The monoisotopic (exact) mass is 335 g/mol. The SMILES string of the molecule is Cc1c(CNc2ccc(F)cc2)oc2c1C(=O)C(=O)c1ccccc1-2. The Hall–Kier alpha value is -3.21. The van der Waals surface area contributed by atoms with Gasteiger partial charge in [0.15, 0.2) is 0 Å². The Morgan fingerprint density at radius 1 is 0.960 bits per heavy atom. The topological polar surface area (TPSA) is 59.3 Å². The van der Waals surface area contributed by atoms with Gasteiger partial charge < -0.3 is 9.73 Å². The van der Waals surface area contributed by atoms with E-state index in [2.05, 4.69) is 5.32 Å². The zero-order chi connectivity index (χ0) is 17.6. The first-order valence-corrected chi connectivity index (χ1v) is 7.86. The maximum Gasteiger partial charge on any atom is 0.237 e. The van der Waals surface area contributed by atoms with E-state index >= 15 is 0 Å². The van der Waals surface area contributed by atoms with E-state index < -0.39 is 11.6 Å². The number of fused-ring (bicyclic) bond motifs is 3. The molecule has 5 heteroatoms. The van der Waals surface area contributed by atoms with Crippen molar-refractivity contribution in [2.75, 3.05) is 5.32 Å². The summed E-state index contributed by atoms with van der Waals surface area (Å²) < 4.78 is 18.9. The molecule has 0 saturated carbocycles. The van der Waals surface area contributed by atoms with Crippen molar-refractivity contribution < 1.29 is 18.4 Å². The Labute approximate surface area is 143 Å². The van der Waals surface area contributed by atoms with Crippen LogP contribution in [0.1, 0.15) is 32.0 Å². The molecule has 1 aromatic heterocycles. The fourth-order valence-electron chi connectivity index (χ4n) is 3.06. The van der Waals surface area contributed by atoms with Crippen LogP contribution in [0.25, 0.3) is 11.3 Å². The molecule has 1 aliphatic carbocycles. The second kappa shape index (κ2) is 5.70. The van der Waals surface area contributed by atoms with Crippen LogP contribution in [0.4, 0.5) is 10.1 Å². The summed E-state index contributed by atoms with van der Waals surface area (Å²) in [7, 11) is 0. The summed E-state index contributed by atoms with van der Waals surface area (Å²) in [4.78, 5) is 24.8. The van der Waals surface area contributed by atoms with Gasteiger partial charge in [0, 0.05) is 22.4 Å². The summed E-state index contributed by atoms with van der Waals surface area (Å²) in [6.45, 7) is 2.09. The minimum atomic E-state index is -0.539. The standard InChI is InChI=1S/C20H14FNO3/c1-11-16(10-22-13-8-6-12(21)7-9-13)25-20-15-5-3-2-4-14(15)18(23)19(24)17(11)20/h2-9,22H,10H2,1H3. The van der Waals surface area contributed by atoms with Crippen molar-refractivity contribution in [1.29, 1.82) is 0 Å². The lowest BCUT2D eigenvalue weighted by atomic mass is 9.87. The van der Waals surface area contributed by atoms with Crippen molar-refractivity contribution in [3.8, 4) is 11.3 Å². The van der Waals surface area contributed by atoms with Gasteiger partial charge in [-0.3, -0.25) is 9.59 Å². The van der Waals surface area contributed by atoms with Crippen LogP contribution in [0.5, 0.6) is 0 Å². The smallest absolute Gasteiger partial charge is 0.237 e. The number of furan rings is 1. The molecular weight excluding hydrogens is 321 g/mol. The van der Waals surface area contributed by atoms with Crippen LogP contribution in [-0.4, -0.2) is 11.6 Å². The summed E-state index contributed by atoms with van der Waals surface area (Å²) in [5.74, 6) is -0.343. The highest BCUT2D eigenvalue weighted by Gasteiger charge is 2.35. The number of ketones is 2. The molecule has 0 saturated heterocycles. The summed E-state index contributed by atoms with van der Waals surface area (Å²) in [5, 5.41) is 3.13. The van der Waals surface area contributed by atoms with Crippen molar-refractivity contribution in [1.82, 2.24) is 0 Å². The second-order valence-electron chi connectivity index (χ2n) is 5.92. The number of benzene rings is 2. The van der Waals surface area contributed by atoms with E-state index in [1.807, 2.05) is 0 Å². The van der Waals surface area contributed by atoms with E-state index in [1.54, 1.807) is 43.3 Å². The van der Waals surface area contributed by atoms with Crippen LogP contribution in [0.2, 0.25) is 0 Å². The molecule has 1 heterocycles. The van der Waals surface area contributed by atoms with Gasteiger partial charge in [-0.1, -0.05) is 24.3 Å². The van der Waals surface area contributed by atoms with Gasteiger partial charge in [-0.05, 0) is 31.2 Å². The summed E-state index contributed by atoms with van der Waals surface area (Å²) in [5.41, 5.74) is 2.72. The molecular formula is C20H14FNO3. The molecule has 2 aromatic carbocycles. The Kier molecular flexibility index (Phi) is 3.50. The van der Waals surface area contributed by atoms with Crippen molar-refractivity contribution in [3.05, 3.63) is 76.8 Å². The van der Waals surface area contributed by atoms with Gasteiger partial charge in [-0.15, -0.1) is 0 Å². The summed E-state index contributed by atoms with van der Waals surface area (Å²) in [6, 6.07) is 12.9. The quantitative estimate of drug-likeness (QED) is 0.721. The van der Waals surface area contributed by atoms with Crippen LogP contribution >= 0.6 is 0 Å². The fourth-order valence-corrected chi connectivity index (χ4v) is 3.06. The van der Waals surface area contributed by atoms with E-state index in [9.17, 15) is 14.0 Å². The van der Waals surface area contributed by atoms with E-state index in [0.29, 0.717) is 40.3 Å². The zero-order valence-electron chi connectivity index (χ0n) is 13.4. The number of hydrogen-bond acceptors (Lipinski definition) is 4. The Morgan fingerprint density at radius 2 is 1.64 bits per heavy atom. The van der Waals surface area contributed by atoms with Gasteiger partial charge in [0.2, 0.25) is 11.6 Å². The molecule has 25 heavy (non-hydrogen) atoms. The largest absolute Gasteiger partial charge is 0.458 e. The third kappa shape index (κ3) is 2.45. The molecule has 124 valence electrons. The highest BCUT2D eigenvalue weighted by atomic mass is 19.1. The van der Waals surface area contributed by atoms with Crippen LogP contribution in [0.15, 0.2) is 52.9 Å². The molecule has 1 aliphatic rings. The van der Waals surface area contributed by atoms with E-state index in [4.69, 9.17) is 4.42 Å². The summed E-state index contributed by atoms with van der Waals surface area (Å²) >= 11 is 0. The van der Waals surface area contributed by atoms with Crippen molar-refractivity contribution in [2.45, 2.75) is 13.5 Å². The molecule has 0 bridgehead atoms. The molecule has 4 nitrogen and oxygen atoms in total. The Balaban J connectivity index is 1.71. The molecule has 0 fully saturated rings. The van der Waals surface area contributed by atoms with Crippen LogP contribution in [0, 0.1) is 12.7 Å². The van der Waals surface area contributed by atoms with Gasteiger partial charge in [-0.25, -0.2) is 4.39 Å². The predicted octanol–water partition coefficient (Wildman–Crippen LogP) is 4.39. The van der Waals surface area contributed by atoms with Crippen molar-refractivity contribution in [3.63, 3.8) is 0 Å². The van der Waals surface area contributed by atoms with Gasteiger partial charge in [0.25, 0.3) is 0 Å². The molecule has 0 amide bonds. The molecule has 1 N–H and O–H groups in total. The fraction of sp³-hybridized carbons (Fsp3) is 0.100. The lowest BCUT2D eigenvalue weighted by Crippen LogP contribution is -2.20. The lowest BCUT2D eigenvalue weighted by Gasteiger charge is -2.12. The third-order valence-electron chi connectivity index (χ3n) is 4.39. The van der Waals surface area contributed by atoms with E-state index in [-0.39, 0.29) is 5.82 Å². The average Bonchev–Trinajstić information content (AvgIpc) is 2.96. The molecule has 0 unspecified atom stereocenters. The molecule has 0 aliphatic heterocycles. The molecule has 0 spiro atoms. The highest BCUT2D eigenvalue weighted by molar-refractivity contribution is 6.53. The van der Waals surface area contributed by atoms with Crippen LogP contribution < -0.4 is 5.32 Å². The third-order valence-corrected chi connectivity index (χ3v) is 4.39. The lowest BCUT2D eigenvalue weighted by molar-refractivity contribution is 0.0814. The Morgan fingerprint density at radius 3 is 2.36 bits per heavy atom. The second-order valence-corrected chi connectivity index (χ2v) is 5.92. The number of carbonyl (C=O) groups is 2. The van der Waals surface area contributed by atoms with E-state index in [0.717, 1.165) is 5.69 Å². The van der Waals surface area contributed by atoms with Gasteiger partial charge in [-0.2, -0.15) is 0 Å². The minimum Gasteiger partial charge on any atom is -0.458 e. The molecule has 3 aromatic rings. The highest BCUT2D eigenvalue weighted by Crippen LogP contribution is 2.38. The Bertz CT molecular complexity index is 1000. The predicted molar refractivity (Wildman–Crippen MR) is 91.3 cm³/mol. The first-order chi connectivity index (χ1) is 12.1. The molecule has 0 radical (unpaired) electrons. The van der Waals surface area contributed by atoms with Crippen molar-refractivity contribution in [2.24, 2.45) is 0 Å². The van der Waals surface area contributed by atoms with Crippen molar-refractivity contribution >= 4 is 17.3 Å². The summed E-state index contributed by atoms with van der Waals surface area (Å²) in [6.07, 6.45) is 0. The molecule has 0 atom stereocenters. The first kappa shape index (κ1) is 15.3. The van der Waals surface area contributed by atoms with E-state index in [1.165, 1.54) is 12.1 Å². The number of hydrogen-bond donors (Lipinski definition) is 1. The zero-order valence-corrected chi connectivity index (χ0v) is 13.4. The maximum absolute atomic E-state index is 13.0. The van der Waals surface area contributed by atoms with Crippen LogP contribution in [-0.2, 0) is 6.54 Å². The maximum atomic E-state index is 13.0.